The maximum atomic E-state index is 12.7. The average molecular weight is 340 g/mol. The molecule has 0 saturated carbocycles. The zero-order valence-electron chi connectivity index (χ0n) is 14.9. The Balaban J connectivity index is 2.11. The molecule has 1 N–H and O–H groups in total. The fourth-order valence-corrected chi connectivity index (χ4v) is 2.30. The lowest BCUT2D eigenvalue weighted by Gasteiger charge is -2.25. The summed E-state index contributed by atoms with van der Waals surface area (Å²) in [5.74, 6) is -0.0316. The van der Waals surface area contributed by atoms with Crippen molar-refractivity contribution >= 4 is 17.5 Å². The number of Topliss-reactive ketones (excluding diaryl/α,β-unsaturated/α-hetero) is 1. The summed E-state index contributed by atoms with van der Waals surface area (Å²) >= 11 is 0. The van der Waals surface area contributed by atoms with E-state index < -0.39 is 0 Å². The monoisotopic (exact) mass is 340 g/mol. The van der Waals surface area contributed by atoms with Crippen molar-refractivity contribution in [2.45, 2.75) is 13.5 Å². The van der Waals surface area contributed by atoms with Gasteiger partial charge in [0.15, 0.2) is 5.78 Å². The highest BCUT2D eigenvalue weighted by Crippen LogP contribution is 2.13. The van der Waals surface area contributed by atoms with E-state index in [0.29, 0.717) is 24.3 Å². The van der Waals surface area contributed by atoms with Crippen LogP contribution in [0.2, 0.25) is 0 Å². The first-order valence-corrected chi connectivity index (χ1v) is 8.16. The number of hydrogen-bond donors (Lipinski definition) is 1. The fraction of sp³-hybridized carbons (Fsp3) is 0.316. The van der Waals surface area contributed by atoms with Crippen LogP contribution < -0.4 is 5.32 Å². The standard InChI is InChI=1S/C19H24N4O2/c1-15(24)17-7-4-8-18(12-17)21-19(25)23(11-10-22(2)3)14-16-6-5-9-20-13-16/h4-9,12-13H,10-11,14H2,1-3H3,(H,21,25). The number of amides is 2. The molecular weight excluding hydrogens is 316 g/mol. The van der Waals surface area contributed by atoms with Gasteiger partial charge in [-0.2, -0.15) is 0 Å². The van der Waals surface area contributed by atoms with Crippen molar-refractivity contribution in [3.05, 3.63) is 59.9 Å². The second kappa shape index (κ2) is 8.94. The number of rotatable bonds is 7. The lowest BCUT2D eigenvalue weighted by atomic mass is 10.1. The Hall–Kier alpha value is -2.73. The smallest absolute Gasteiger partial charge is 0.319 e. The molecule has 0 atom stereocenters. The average Bonchev–Trinajstić information content (AvgIpc) is 2.59. The molecule has 0 unspecified atom stereocenters. The summed E-state index contributed by atoms with van der Waals surface area (Å²) in [6.45, 7) is 3.31. The summed E-state index contributed by atoms with van der Waals surface area (Å²) < 4.78 is 0. The summed E-state index contributed by atoms with van der Waals surface area (Å²) in [5, 5.41) is 2.88. The molecule has 0 aliphatic rings. The second-order valence-electron chi connectivity index (χ2n) is 6.15. The first-order valence-electron chi connectivity index (χ1n) is 8.16. The van der Waals surface area contributed by atoms with E-state index in [4.69, 9.17) is 0 Å². The van der Waals surface area contributed by atoms with Gasteiger partial charge < -0.3 is 15.1 Å². The molecule has 0 bridgehead atoms. The number of likely N-dealkylation sites (N-methyl/N-ethyl adjacent to an activating group) is 1. The van der Waals surface area contributed by atoms with E-state index in [1.54, 1.807) is 41.6 Å². The molecule has 2 rings (SSSR count). The summed E-state index contributed by atoms with van der Waals surface area (Å²) in [6, 6.07) is 10.6. The van der Waals surface area contributed by atoms with E-state index in [0.717, 1.165) is 12.1 Å². The Morgan fingerprint density at radius 3 is 2.56 bits per heavy atom. The number of benzene rings is 1. The van der Waals surface area contributed by atoms with Crippen LogP contribution in [0.1, 0.15) is 22.8 Å². The minimum Gasteiger partial charge on any atom is -0.319 e. The molecule has 1 heterocycles. The zero-order chi connectivity index (χ0) is 18.2. The van der Waals surface area contributed by atoms with Crippen LogP contribution >= 0.6 is 0 Å². The van der Waals surface area contributed by atoms with E-state index in [9.17, 15) is 9.59 Å². The van der Waals surface area contributed by atoms with E-state index in [2.05, 4.69) is 10.3 Å². The molecule has 2 aromatic rings. The van der Waals surface area contributed by atoms with Gasteiger partial charge in [-0.05, 0) is 44.8 Å². The quantitative estimate of drug-likeness (QED) is 0.787. The van der Waals surface area contributed by atoms with Gasteiger partial charge in [-0.1, -0.05) is 18.2 Å². The maximum absolute atomic E-state index is 12.7. The number of nitrogens with one attached hydrogen (secondary N) is 1. The van der Waals surface area contributed by atoms with Crippen molar-refractivity contribution in [3.8, 4) is 0 Å². The van der Waals surface area contributed by atoms with Crippen molar-refractivity contribution in [1.29, 1.82) is 0 Å². The second-order valence-corrected chi connectivity index (χ2v) is 6.15. The van der Waals surface area contributed by atoms with Crippen molar-refractivity contribution in [1.82, 2.24) is 14.8 Å². The van der Waals surface area contributed by atoms with Gasteiger partial charge in [0.25, 0.3) is 0 Å². The molecule has 0 aliphatic carbocycles. The third-order valence-corrected chi connectivity index (χ3v) is 3.72. The van der Waals surface area contributed by atoms with E-state index in [1.807, 2.05) is 31.1 Å². The summed E-state index contributed by atoms with van der Waals surface area (Å²) in [6.07, 6.45) is 3.47. The molecule has 0 spiro atoms. The van der Waals surface area contributed by atoms with Gasteiger partial charge in [0, 0.05) is 43.3 Å². The maximum Gasteiger partial charge on any atom is 0.322 e. The zero-order valence-corrected chi connectivity index (χ0v) is 14.9. The largest absolute Gasteiger partial charge is 0.322 e. The predicted molar refractivity (Wildman–Crippen MR) is 98.7 cm³/mol. The molecule has 1 aromatic heterocycles. The Labute approximate surface area is 148 Å². The molecule has 0 aliphatic heterocycles. The van der Waals surface area contributed by atoms with Crippen LogP contribution in [0.5, 0.6) is 0 Å². The SMILES string of the molecule is CC(=O)c1cccc(NC(=O)N(CCN(C)C)Cc2cccnc2)c1. The van der Waals surface area contributed by atoms with Gasteiger partial charge in [-0.15, -0.1) is 0 Å². The van der Waals surface area contributed by atoms with Crippen LogP contribution in [0.4, 0.5) is 10.5 Å². The number of nitrogens with zero attached hydrogens (tertiary/aromatic N) is 3. The van der Waals surface area contributed by atoms with Gasteiger partial charge in [0.1, 0.15) is 0 Å². The summed E-state index contributed by atoms with van der Waals surface area (Å²) in [7, 11) is 3.94. The highest BCUT2D eigenvalue weighted by Gasteiger charge is 2.15. The van der Waals surface area contributed by atoms with Gasteiger partial charge in [-0.25, -0.2) is 4.79 Å². The predicted octanol–water partition coefficient (Wildman–Crippen LogP) is 2.88. The van der Waals surface area contributed by atoms with Gasteiger partial charge in [0.2, 0.25) is 0 Å². The number of pyridine rings is 1. The Morgan fingerprint density at radius 2 is 1.92 bits per heavy atom. The molecule has 0 fully saturated rings. The number of urea groups is 1. The number of carbonyl (C=O) groups excluding carboxylic acids is 2. The van der Waals surface area contributed by atoms with Crippen LogP contribution in [0.3, 0.4) is 0 Å². The molecule has 2 amide bonds. The van der Waals surface area contributed by atoms with Crippen LogP contribution in [-0.2, 0) is 6.54 Å². The van der Waals surface area contributed by atoms with Crippen molar-refractivity contribution < 1.29 is 9.59 Å². The Bertz CT molecular complexity index is 716. The lowest BCUT2D eigenvalue weighted by Crippen LogP contribution is -2.39. The minimum atomic E-state index is -0.202. The highest BCUT2D eigenvalue weighted by molar-refractivity contribution is 5.96. The summed E-state index contributed by atoms with van der Waals surface area (Å²) in [4.78, 5) is 32.1. The normalized spacial score (nSPS) is 10.6. The molecule has 132 valence electrons. The fourth-order valence-electron chi connectivity index (χ4n) is 2.30. The lowest BCUT2D eigenvalue weighted by molar-refractivity contribution is 0.101. The molecule has 0 saturated heterocycles. The molecule has 0 radical (unpaired) electrons. The van der Waals surface area contributed by atoms with Crippen molar-refractivity contribution in [3.63, 3.8) is 0 Å². The van der Waals surface area contributed by atoms with Crippen LogP contribution in [-0.4, -0.2) is 53.8 Å². The first kappa shape index (κ1) is 18.6. The minimum absolute atomic E-state index is 0.0316. The van der Waals surface area contributed by atoms with Crippen LogP contribution in [0, 0.1) is 0 Å². The Kier molecular flexibility index (Phi) is 6.65. The van der Waals surface area contributed by atoms with Crippen molar-refractivity contribution in [2.75, 3.05) is 32.5 Å². The molecular formula is C19H24N4O2. The van der Waals surface area contributed by atoms with Gasteiger partial charge in [0.05, 0.1) is 0 Å². The third kappa shape index (κ3) is 6.00. The topological polar surface area (TPSA) is 65.5 Å². The number of carbonyl (C=O) groups is 2. The molecule has 1 aromatic carbocycles. The van der Waals surface area contributed by atoms with Gasteiger partial charge >= 0.3 is 6.03 Å². The first-order chi connectivity index (χ1) is 12.0. The van der Waals surface area contributed by atoms with Crippen LogP contribution in [0.15, 0.2) is 48.8 Å². The van der Waals surface area contributed by atoms with Gasteiger partial charge in [-0.3, -0.25) is 9.78 Å². The molecule has 6 nitrogen and oxygen atoms in total. The molecule has 6 heteroatoms. The highest BCUT2D eigenvalue weighted by atomic mass is 16.2. The number of anilines is 1. The van der Waals surface area contributed by atoms with Crippen molar-refractivity contribution in [2.24, 2.45) is 0 Å². The number of hydrogen-bond acceptors (Lipinski definition) is 4. The Morgan fingerprint density at radius 1 is 1.12 bits per heavy atom. The number of ketones is 1. The molecule has 25 heavy (non-hydrogen) atoms. The third-order valence-electron chi connectivity index (χ3n) is 3.72. The van der Waals surface area contributed by atoms with E-state index in [1.165, 1.54) is 6.92 Å². The number of aromatic nitrogens is 1. The summed E-state index contributed by atoms with van der Waals surface area (Å²) in [5.41, 5.74) is 2.15. The van der Waals surface area contributed by atoms with E-state index in [-0.39, 0.29) is 11.8 Å². The van der Waals surface area contributed by atoms with E-state index >= 15 is 0 Å². The van der Waals surface area contributed by atoms with Crippen LogP contribution in [0.25, 0.3) is 0 Å².